The molecule has 0 saturated heterocycles. The first-order valence-electron chi connectivity index (χ1n) is 47.3. The molecular formula is C93H185N3O22S8. The number of aliphatic hydroxyl groups is 2. The minimum Gasteiger partial charge on any atom is -0.466 e. The number of ether oxygens (including phenoxy) is 14. The van der Waals surface area contributed by atoms with Crippen LogP contribution in [-0.2, 0) is 95.1 Å². The predicted octanol–water partition coefficient (Wildman–Crippen LogP) is 16.6. The molecule has 0 fully saturated rings. The fraction of sp³-hybridized carbons (Fsp3) is 0.935. The Morgan fingerprint density at radius 2 is 0.500 bits per heavy atom. The molecule has 2 atom stereocenters. The van der Waals surface area contributed by atoms with Gasteiger partial charge in [-0.3, -0.25) is 28.8 Å². The molecule has 33 heteroatoms. The van der Waals surface area contributed by atoms with Gasteiger partial charge in [0.2, 0.25) is 11.8 Å². The molecule has 0 bridgehead atoms. The van der Waals surface area contributed by atoms with Crippen LogP contribution in [-0.4, -0.2) is 335 Å². The van der Waals surface area contributed by atoms with Crippen LogP contribution in [0.5, 0.6) is 0 Å². The highest BCUT2D eigenvalue weighted by molar-refractivity contribution is 8.00. The molecule has 126 heavy (non-hydrogen) atoms. The van der Waals surface area contributed by atoms with Crippen molar-refractivity contribution in [1.29, 1.82) is 0 Å². The van der Waals surface area contributed by atoms with Gasteiger partial charge in [0.15, 0.2) is 0 Å². The lowest BCUT2D eigenvalue weighted by atomic mass is 10.1. The van der Waals surface area contributed by atoms with Crippen molar-refractivity contribution >= 4 is 130 Å². The smallest absolute Gasteiger partial charge is 0.305 e. The largest absolute Gasteiger partial charge is 0.466 e. The van der Waals surface area contributed by atoms with E-state index in [-0.39, 0.29) is 35.7 Å². The zero-order valence-corrected chi connectivity index (χ0v) is 88.3. The molecule has 25 nitrogen and oxygen atoms in total. The SMILES string of the molecule is CC(C)CCOC(=O)CCCCSCCC(=O)NCCNCCNC(=O)CCSCCCCC(=O)OCCC(C)C.CC(C)COC(=O)CCCCSCCOCCOCCSCCCC(=O)OCC(C)C.CC(C)COCC(O)CSCCOCCOCCSCC(O)COCC(C)C.CC(C)COCCCSCCOCCOCCSCCCOCC(C)C. The third-order valence-electron chi connectivity index (χ3n) is 16.2. The number of amides is 2. The van der Waals surface area contributed by atoms with Gasteiger partial charge in [0.1, 0.15) is 0 Å². The van der Waals surface area contributed by atoms with E-state index in [4.69, 9.17) is 66.3 Å². The molecule has 0 rings (SSSR count). The van der Waals surface area contributed by atoms with E-state index in [9.17, 15) is 39.0 Å². The third-order valence-corrected chi connectivity index (χ3v) is 24.7. The summed E-state index contributed by atoms with van der Waals surface area (Å²) in [6, 6.07) is 0. The molecular weight excluding hydrogens is 1770 g/mol. The monoisotopic (exact) mass is 1950 g/mol. The van der Waals surface area contributed by atoms with Crippen molar-refractivity contribution in [2.45, 2.75) is 232 Å². The second-order valence-electron chi connectivity index (χ2n) is 33.7. The molecule has 0 aromatic carbocycles. The topological polar surface area (TPSA) is 308 Å². The highest BCUT2D eigenvalue weighted by Gasteiger charge is 2.13. The van der Waals surface area contributed by atoms with Crippen LogP contribution in [0, 0.1) is 47.3 Å². The van der Waals surface area contributed by atoms with Crippen molar-refractivity contribution in [2.24, 2.45) is 47.3 Å². The van der Waals surface area contributed by atoms with Crippen LogP contribution in [0.2, 0.25) is 0 Å². The van der Waals surface area contributed by atoms with E-state index in [0.717, 1.165) is 197 Å². The molecule has 0 aliphatic carbocycles. The van der Waals surface area contributed by atoms with Crippen molar-refractivity contribution in [3.05, 3.63) is 0 Å². The number of hydrogen-bond acceptors (Lipinski definition) is 31. The van der Waals surface area contributed by atoms with E-state index in [1.165, 1.54) is 0 Å². The molecule has 0 aliphatic rings. The van der Waals surface area contributed by atoms with Crippen molar-refractivity contribution < 1.29 is 105 Å². The number of hydrogen-bond donors (Lipinski definition) is 5. The van der Waals surface area contributed by atoms with E-state index < -0.39 is 12.2 Å². The molecule has 5 N–H and O–H groups in total. The Bertz CT molecular complexity index is 2160. The lowest BCUT2D eigenvalue weighted by Gasteiger charge is -2.12. The Labute approximate surface area is 801 Å². The van der Waals surface area contributed by atoms with Crippen molar-refractivity contribution in [3.63, 3.8) is 0 Å². The fourth-order valence-corrected chi connectivity index (χ4v) is 16.0. The second-order valence-corrected chi connectivity index (χ2v) is 43.3. The Hall–Kier alpha value is -0.900. The summed E-state index contributed by atoms with van der Waals surface area (Å²) < 4.78 is 76.0. The molecule has 0 saturated carbocycles. The minimum absolute atomic E-state index is 0.0420. The quantitative estimate of drug-likeness (QED) is 0.0215. The van der Waals surface area contributed by atoms with E-state index >= 15 is 0 Å². The van der Waals surface area contributed by atoms with Gasteiger partial charge >= 0.3 is 23.9 Å². The van der Waals surface area contributed by atoms with Crippen molar-refractivity contribution in [3.8, 4) is 0 Å². The molecule has 2 amide bonds. The Morgan fingerprint density at radius 3 is 0.810 bits per heavy atom. The van der Waals surface area contributed by atoms with Crippen LogP contribution in [0.4, 0.5) is 0 Å². The average molecular weight is 1950 g/mol. The molecule has 0 aromatic heterocycles. The number of carbonyl (C=O) groups excluding carboxylic acids is 6. The first-order chi connectivity index (χ1) is 60.7. The highest BCUT2D eigenvalue weighted by Crippen LogP contribution is 2.15. The zero-order chi connectivity index (χ0) is 94.0. The fourth-order valence-electron chi connectivity index (χ4n) is 9.44. The standard InChI is InChI=1S/C30H57N3O6S2.C23H44O6S2.C20H42O6S2.C20H42O4S2/c1-25(2)11-19-38-29(36)9-5-7-21-40-23-13-27(34)32-17-15-31-16-18-33-28(35)14-24-41-22-8-6-10-30(37)39-20-12-26(3)4;1-20(2)18-28-22(24)8-5-6-14-30-16-12-26-10-11-27-13-17-31-15-7-9-23(25)29-19-21(3)4;1-17(2)11-25-13-19(21)15-27-9-7-23-5-6-24-8-10-28-16-20(22)14-26-12-18(3)4;1-19(2)17-23-7-5-13-25-15-11-21-9-10-22-12-16-26-14-6-8-24-18-20(3)4/h25-26,31H,5-24H2,1-4H3,(H,32,34)(H,33,35);20-21H,5-19H2,1-4H3;17-22H,5-16H2,1-4H3;19-20H,5-18H2,1-4H3. The maximum Gasteiger partial charge on any atom is 0.305 e. The summed E-state index contributed by atoms with van der Waals surface area (Å²) in [5, 5.41) is 28.6. The number of aliphatic hydroxyl groups excluding tert-OH is 2. The molecule has 752 valence electrons. The van der Waals surface area contributed by atoms with E-state index in [2.05, 4.69) is 99.0 Å². The van der Waals surface area contributed by atoms with Crippen LogP contribution in [0.25, 0.3) is 0 Å². The van der Waals surface area contributed by atoms with Crippen LogP contribution in [0.3, 0.4) is 0 Å². The van der Waals surface area contributed by atoms with Crippen LogP contribution < -0.4 is 16.0 Å². The predicted molar refractivity (Wildman–Crippen MR) is 539 cm³/mol. The van der Waals surface area contributed by atoms with Gasteiger partial charge in [-0.15, -0.1) is 0 Å². The number of unbranched alkanes of at least 4 members (excludes halogenated alkanes) is 3. The third kappa shape index (κ3) is 125. The molecule has 0 spiro atoms. The summed E-state index contributed by atoms with van der Waals surface area (Å²) in [6.07, 6.45) is 12.5. The number of nitrogens with one attached hydrogen (secondary N) is 3. The minimum atomic E-state index is -0.412. The Morgan fingerprint density at radius 1 is 0.230 bits per heavy atom. The summed E-state index contributed by atoms with van der Waals surface area (Å²) in [5.74, 6) is 18.6. The molecule has 2 unspecified atom stereocenters. The molecule has 0 radical (unpaired) electrons. The van der Waals surface area contributed by atoms with E-state index in [0.29, 0.717) is 236 Å². The Balaban J connectivity index is -0.000000800. The molecule has 0 heterocycles. The maximum atomic E-state index is 11.9. The zero-order valence-electron chi connectivity index (χ0n) is 81.7. The number of rotatable bonds is 92. The van der Waals surface area contributed by atoms with Gasteiger partial charge in [-0.05, 0) is 152 Å². The molecule has 0 aliphatic heterocycles. The Kier molecular flexibility index (Phi) is 111. The first kappa shape index (κ1) is 131. The average Bonchev–Trinajstić information content (AvgIpc) is 1.04. The van der Waals surface area contributed by atoms with Gasteiger partial charge in [0.05, 0.1) is 131 Å². The lowest BCUT2D eigenvalue weighted by molar-refractivity contribution is -0.145. The summed E-state index contributed by atoms with van der Waals surface area (Å²) in [6.45, 7) is 52.0. The highest BCUT2D eigenvalue weighted by atomic mass is 32.2. The number of thioether (sulfide) groups is 8. The summed E-state index contributed by atoms with van der Waals surface area (Å²) in [7, 11) is 0. The van der Waals surface area contributed by atoms with Gasteiger partial charge < -0.3 is 92.5 Å². The van der Waals surface area contributed by atoms with Gasteiger partial charge in [-0.1, -0.05) is 111 Å². The van der Waals surface area contributed by atoms with E-state index in [1.54, 1.807) is 58.8 Å². The first-order valence-corrected chi connectivity index (χ1v) is 56.5. The van der Waals surface area contributed by atoms with Gasteiger partial charge in [-0.2, -0.15) is 94.1 Å². The van der Waals surface area contributed by atoms with Gasteiger partial charge in [0.25, 0.3) is 0 Å². The van der Waals surface area contributed by atoms with Crippen LogP contribution in [0.1, 0.15) is 220 Å². The number of carbonyl (C=O) groups is 6. The molecule has 0 aromatic rings. The number of esters is 4. The van der Waals surface area contributed by atoms with Crippen LogP contribution in [0.15, 0.2) is 0 Å². The normalized spacial score (nSPS) is 12.0. The van der Waals surface area contributed by atoms with Gasteiger partial charge in [-0.25, -0.2) is 0 Å². The lowest BCUT2D eigenvalue weighted by Crippen LogP contribution is -2.36. The van der Waals surface area contributed by atoms with Gasteiger partial charge in [0, 0.05) is 162 Å². The maximum absolute atomic E-state index is 11.9. The summed E-state index contributed by atoms with van der Waals surface area (Å²) in [4.78, 5) is 70.0. The summed E-state index contributed by atoms with van der Waals surface area (Å²) in [5.41, 5.74) is 0. The summed E-state index contributed by atoms with van der Waals surface area (Å²) >= 11 is 14.3. The van der Waals surface area contributed by atoms with Crippen molar-refractivity contribution in [2.75, 3.05) is 277 Å². The van der Waals surface area contributed by atoms with E-state index in [1.807, 2.05) is 63.0 Å². The van der Waals surface area contributed by atoms with Crippen LogP contribution >= 0.6 is 94.1 Å². The second kappa shape index (κ2) is 106. The van der Waals surface area contributed by atoms with Crippen molar-refractivity contribution in [1.82, 2.24) is 16.0 Å².